The Bertz CT molecular complexity index is 603. The molecular weight excluding hydrogens is 198 g/mol. The van der Waals surface area contributed by atoms with Gasteiger partial charge in [-0.15, -0.1) is 0 Å². The monoisotopic (exact) mass is 205 g/mol. The summed E-state index contributed by atoms with van der Waals surface area (Å²) in [5.74, 6) is 4.21. The number of pyridine rings is 2. The Morgan fingerprint density at radius 2 is 2.27 bits per heavy atom. The quantitative estimate of drug-likeness (QED) is 0.628. The Morgan fingerprint density at radius 3 is 2.93 bits per heavy atom. The van der Waals surface area contributed by atoms with E-state index in [1.165, 1.54) is 12.3 Å². The van der Waals surface area contributed by atoms with Crippen LogP contribution in [0.1, 0.15) is 10.4 Å². The minimum Gasteiger partial charge on any atom is -0.477 e. The first-order chi connectivity index (χ1) is 7.11. The average molecular weight is 205 g/mol. The number of carbonyl (C=O) groups is 1. The Balaban J connectivity index is 2.97. The lowest BCUT2D eigenvalue weighted by Crippen LogP contribution is -2.22. The van der Waals surface area contributed by atoms with E-state index in [0.717, 1.165) is 10.9 Å². The lowest BCUT2D eigenvalue weighted by atomic mass is 10.2. The molecule has 0 atom stereocenters. The second kappa shape index (κ2) is 3.09. The van der Waals surface area contributed by atoms with Gasteiger partial charge in [0.05, 0.1) is 5.39 Å². The van der Waals surface area contributed by atoms with E-state index in [0.29, 0.717) is 0 Å². The molecule has 6 nitrogen and oxygen atoms in total. The number of rotatable bonds is 1. The number of aromatic carboxylic acids is 1. The maximum atomic E-state index is 11.6. The number of carboxylic acid groups (broad SMARTS) is 1. The molecule has 0 unspecified atom stereocenters. The van der Waals surface area contributed by atoms with Gasteiger partial charge < -0.3 is 10.9 Å². The van der Waals surface area contributed by atoms with Crippen molar-refractivity contribution in [3.63, 3.8) is 0 Å². The molecule has 0 saturated heterocycles. The maximum Gasteiger partial charge on any atom is 0.341 e. The van der Waals surface area contributed by atoms with Crippen molar-refractivity contribution in [2.45, 2.75) is 0 Å². The molecule has 0 saturated carbocycles. The molecule has 0 bridgehead atoms. The van der Waals surface area contributed by atoms with Crippen molar-refractivity contribution in [1.29, 1.82) is 0 Å². The van der Waals surface area contributed by atoms with Crippen LogP contribution in [0.5, 0.6) is 0 Å². The largest absolute Gasteiger partial charge is 0.477 e. The molecule has 0 radical (unpaired) electrons. The number of nitrogens with zero attached hydrogens (tertiary/aromatic N) is 2. The molecule has 3 N–H and O–H groups in total. The summed E-state index contributed by atoms with van der Waals surface area (Å²) in [5, 5.41) is 8.95. The molecule has 0 fully saturated rings. The summed E-state index contributed by atoms with van der Waals surface area (Å²) in [4.78, 5) is 26.2. The van der Waals surface area contributed by atoms with Gasteiger partial charge in [0.25, 0.3) is 0 Å². The minimum atomic E-state index is -1.30. The molecule has 2 aromatic heterocycles. The van der Waals surface area contributed by atoms with Crippen LogP contribution in [-0.2, 0) is 0 Å². The number of aromatic nitrogens is 2. The first-order valence-corrected chi connectivity index (χ1v) is 4.10. The summed E-state index contributed by atoms with van der Waals surface area (Å²) in [7, 11) is 0. The molecule has 2 heterocycles. The van der Waals surface area contributed by atoms with Crippen LogP contribution in [0.3, 0.4) is 0 Å². The standard InChI is InChI=1S/C9H7N3O3/c10-12-4-6(9(14)15)7(13)5-2-1-3-11-8(5)12/h1-4H,10H2,(H,14,15). The lowest BCUT2D eigenvalue weighted by Gasteiger charge is -2.04. The number of fused-ring (bicyclic) bond motifs is 1. The molecule has 0 aliphatic heterocycles. The summed E-state index contributed by atoms with van der Waals surface area (Å²) in [6.45, 7) is 0. The van der Waals surface area contributed by atoms with E-state index in [4.69, 9.17) is 10.9 Å². The fraction of sp³-hybridized carbons (Fsp3) is 0. The highest BCUT2D eigenvalue weighted by Gasteiger charge is 2.13. The molecular formula is C9H7N3O3. The smallest absolute Gasteiger partial charge is 0.341 e. The van der Waals surface area contributed by atoms with Crippen molar-refractivity contribution in [3.05, 3.63) is 40.3 Å². The highest BCUT2D eigenvalue weighted by atomic mass is 16.4. The Labute approximate surface area is 83.6 Å². The van der Waals surface area contributed by atoms with Crippen molar-refractivity contribution in [2.75, 3.05) is 5.84 Å². The van der Waals surface area contributed by atoms with Crippen LogP contribution in [0.25, 0.3) is 11.0 Å². The van der Waals surface area contributed by atoms with Crippen molar-refractivity contribution in [2.24, 2.45) is 0 Å². The van der Waals surface area contributed by atoms with Crippen LogP contribution in [0.15, 0.2) is 29.3 Å². The van der Waals surface area contributed by atoms with E-state index in [-0.39, 0.29) is 16.6 Å². The van der Waals surface area contributed by atoms with Crippen LogP contribution in [0.4, 0.5) is 0 Å². The fourth-order valence-electron chi connectivity index (χ4n) is 1.34. The van der Waals surface area contributed by atoms with Crippen LogP contribution < -0.4 is 11.3 Å². The van der Waals surface area contributed by atoms with Crippen molar-refractivity contribution < 1.29 is 9.90 Å². The summed E-state index contributed by atoms with van der Waals surface area (Å²) < 4.78 is 1.03. The molecule has 15 heavy (non-hydrogen) atoms. The van der Waals surface area contributed by atoms with Gasteiger partial charge in [0.2, 0.25) is 5.43 Å². The van der Waals surface area contributed by atoms with Gasteiger partial charge in [-0.1, -0.05) is 0 Å². The summed E-state index contributed by atoms with van der Waals surface area (Å²) >= 11 is 0. The third-order valence-electron chi connectivity index (χ3n) is 2.02. The zero-order valence-corrected chi connectivity index (χ0v) is 7.54. The van der Waals surface area contributed by atoms with Gasteiger partial charge in [-0.05, 0) is 12.1 Å². The zero-order chi connectivity index (χ0) is 11.0. The van der Waals surface area contributed by atoms with Gasteiger partial charge in [0, 0.05) is 12.4 Å². The third kappa shape index (κ3) is 1.32. The van der Waals surface area contributed by atoms with Crippen LogP contribution in [-0.4, -0.2) is 20.7 Å². The van der Waals surface area contributed by atoms with Crippen molar-refractivity contribution in [1.82, 2.24) is 9.66 Å². The zero-order valence-electron chi connectivity index (χ0n) is 7.54. The summed E-state index contributed by atoms with van der Waals surface area (Å²) in [6, 6.07) is 3.04. The molecule has 0 aliphatic rings. The number of nitrogens with two attached hydrogens (primary N) is 1. The van der Waals surface area contributed by atoms with E-state index in [1.54, 1.807) is 6.07 Å². The third-order valence-corrected chi connectivity index (χ3v) is 2.02. The molecule has 2 aromatic rings. The van der Waals surface area contributed by atoms with Crippen LogP contribution >= 0.6 is 0 Å². The first kappa shape index (κ1) is 9.20. The number of nitrogen functional groups attached to an aromatic ring is 1. The molecule has 0 amide bonds. The lowest BCUT2D eigenvalue weighted by molar-refractivity contribution is 0.0695. The molecule has 2 rings (SSSR count). The second-order valence-corrected chi connectivity index (χ2v) is 2.96. The number of carboxylic acids is 1. The average Bonchev–Trinajstić information content (AvgIpc) is 2.23. The molecule has 6 heteroatoms. The number of hydrogen-bond acceptors (Lipinski definition) is 4. The first-order valence-electron chi connectivity index (χ1n) is 4.10. The van der Waals surface area contributed by atoms with E-state index in [1.807, 2.05) is 0 Å². The number of hydrogen-bond donors (Lipinski definition) is 2. The van der Waals surface area contributed by atoms with Gasteiger partial charge in [-0.25, -0.2) is 9.78 Å². The highest BCUT2D eigenvalue weighted by molar-refractivity contribution is 5.91. The van der Waals surface area contributed by atoms with Gasteiger partial charge in [-0.3, -0.25) is 9.47 Å². The molecule has 0 aromatic carbocycles. The minimum absolute atomic E-state index is 0.194. The maximum absolute atomic E-state index is 11.6. The predicted octanol–water partition coefficient (Wildman–Crippen LogP) is -0.192. The SMILES string of the molecule is Nn1cc(C(=O)O)c(=O)c2cccnc21. The summed E-state index contributed by atoms with van der Waals surface area (Å²) in [5.41, 5.74) is -0.683. The van der Waals surface area contributed by atoms with Gasteiger partial charge in [-0.2, -0.15) is 0 Å². The van der Waals surface area contributed by atoms with Crippen molar-refractivity contribution >= 4 is 17.0 Å². The second-order valence-electron chi connectivity index (χ2n) is 2.96. The topological polar surface area (TPSA) is 98.2 Å². The van der Waals surface area contributed by atoms with Gasteiger partial charge >= 0.3 is 5.97 Å². The highest BCUT2D eigenvalue weighted by Crippen LogP contribution is 2.05. The normalized spacial score (nSPS) is 10.4. The molecule has 0 spiro atoms. The molecule has 0 aliphatic carbocycles. The van der Waals surface area contributed by atoms with E-state index >= 15 is 0 Å². The predicted molar refractivity (Wildman–Crippen MR) is 53.1 cm³/mol. The van der Waals surface area contributed by atoms with E-state index < -0.39 is 11.4 Å². The Morgan fingerprint density at radius 1 is 1.53 bits per heavy atom. The van der Waals surface area contributed by atoms with Crippen molar-refractivity contribution in [3.8, 4) is 0 Å². The van der Waals surface area contributed by atoms with E-state index in [2.05, 4.69) is 4.98 Å². The van der Waals surface area contributed by atoms with Gasteiger partial charge in [0.15, 0.2) is 5.65 Å². The van der Waals surface area contributed by atoms with Gasteiger partial charge in [0.1, 0.15) is 5.56 Å². The van der Waals surface area contributed by atoms with Crippen LogP contribution in [0, 0.1) is 0 Å². The van der Waals surface area contributed by atoms with E-state index in [9.17, 15) is 9.59 Å². The Hall–Kier alpha value is -2.37. The Kier molecular flexibility index (Phi) is 1.89. The fourth-order valence-corrected chi connectivity index (χ4v) is 1.34. The summed E-state index contributed by atoms with van der Waals surface area (Å²) in [6.07, 6.45) is 2.53. The molecule has 76 valence electrons. The van der Waals surface area contributed by atoms with Crippen LogP contribution in [0.2, 0.25) is 0 Å².